The van der Waals surface area contributed by atoms with Crippen molar-refractivity contribution in [1.29, 1.82) is 0 Å². The van der Waals surface area contributed by atoms with E-state index in [1.165, 1.54) is 5.56 Å². The summed E-state index contributed by atoms with van der Waals surface area (Å²) in [5.41, 5.74) is 9.59. The second-order valence-corrected chi connectivity index (χ2v) is 4.22. The molecule has 0 saturated heterocycles. The largest absolute Gasteiger partial charge is 0.495 e. The zero-order valence-electron chi connectivity index (χ0n) is 10.9. The Morgan fingerprint density at radius 1 is 1.44 bits per heavy atom. The van der Waals surface area contributed by atoms with Gasteiger partial charge in [0.05, 0.1) is 18.5 Å². The highest BCUT2D eigenvalue weighted by Crippen LogP contribution is 2.25. The number of benzene rings is 1. The van der Waals surface area contributed by atoms with Crippen LogP contribution in [-0.2, 0) is 13.6 Å². The van der Waals surface area contributed by atoms with Gasteiger partial charge >= 0.3 is 0 Å². The standard InChI is InChI=1S/C13H18N4O/c1-9-10(8-17(2)16-9)7-15-11-4-5-12(14)13(6-11)18-3/h4-6,8,15H,7,14H2,1-3H3. The molecule has 1 aromatic heterocycles. The maximum Gasteiger partial charge on any atom is 0.143 e. The molecule has 0 bridgehead atoms. The van der Waals surface area contributed by atoms with Gasteiger partial charge in [-0.05, 0) is 19.1 Å². The Morgan fingerprint density at radius 2 is 2.22 bits per heavy atom. The van der Waals surface area contributed by atoms with E-state index >= 15 is 0 Å². The molecular weight excluding hydrogens is 228 g/mol. The smallest absolute Gasteiger partial charge is 0.143 e. The van der Waals surface area contributed by atoms with Crippen molar-refractivity contribution in [3.8, 4) is 5.75 Å². The second kappa shape index (κ2) is 5.00. The second-order valence-electron chi connectivity index (χ2n) is 4.22. The Kier molecular flexibility index (Phi) is 3.41. The molecule has 1 aromatic carbocycles. The molecule has 5 heteroatoms. The molecule has 3 N–H and O–H groups in total. The third-order valence-electron chi connectivity index (χ3n) is 2.83. The number of nitrogens with zero attached hydrogens (tertiary/aromatic N) is 2. The maximum absolute atomic E-state index is 5.77. The molecule has 18 heavy (non-hydrogen) atoms. The molecular formula is C13H18N4O. The van der Waals surface area contributed by atoms with E-state index in [-0.39, 0.29) is 0 Å². The number of ether oxygens (including phenoxy) is 1. The summed E-state index contributed by atoms with van der Waals surface area (Å²) in [6, 6.07) is 5.65. The fourth-order valence-corrected chi connectivity index (χ4v) is 1.84. The van der Waals surface area contributed by atoms with Crippen molar-refractivity contribution in [2.24, 2.45) is 7.05 Å². The number of hydrogen-bond acceptors (Lipinski definition) is 4. The quantitative estimate of drug-likeness (QED) is 0.809. The van der Waals surface area contributed by atoms with Gasteiger partial charge in [0.15, 0.2) is 0 Å². The summed E-state index contributed by atoms with van der Waals surface area (Å²) in [7, 11) is 3.53. The van der Waals surface area contributed by atoms with Crippen LogP contribution in [0.25, 0.3) is 0 Å². The van der Waals surface area contributed by atoms with Crippen LogP contribution in [0.5, 0.6) is 5.75 Å². The van der Waals surface area contributed by atoms with Crippen LogP contribution in [0.1, 0.15) is 11.3 Å². The van der Waals surface area contributed by atoms with Gasteiger partial charge in [-0.1, -0.05) is 0 Å². The summed E-state index contributed by atoms with van der Waals surface area (Å²) in [4.78, 5) is 0. The van der Waals surface area contributed by atoms with Crippen LogP contribution in [0.3, 0.4) is 0 Å². The zero-order chi connectivity index (χ0) is 13.1. The van der Waals surface area contributed by atoms with Gasteiger partial charge in [0.2, 0.25) is 0 Å². The van der Waals surface area contributed by atoms with Gasteiger partial charge in [-0.2, -0.15) is 5.10 Å². The number of rotatable bonds is 4. The summed E-state index contributed by atoms with van der Waals surface area (Å²) >= 11 is 0. The highest BCUT2D eigenvalue weighted by Gasteiger charge is 2.04. The van der Waals surface area contributed by atoms with E-state index in [9.17, 15) is 0 Å². The lowest BCUT2D eigenvalue weighted by Crippen LogP contribution is -2.01. The predicted molar refractivity (Wildman–Crippen MR) is 72.7 cm³/mol. The first kappa shape index (κ1) is 12.3. The minimum absolute atomic E-state index is 0.639. The molecule has 0 spiro atoms. The molecule has 2 rings (SSSR count). The maximum atomic E-state index is 5.77. The van der Waals surface area contributed by atoms with Gasteiger partial charge in [0, 0.05) is 37.1 Å². The van der Waals surface area contributed by atoms with Crippen molar-refractivity contribution in [2.45, 2.75) is 13.5 Å². The molecule has 0 aliphatic rings. The van der Waals surface area contributed by atoms with E-state index < -0.39 is 0 Å². The SMILES string of the molecule is COc1cc(NCc2cn(C)nc2C)ccc1N. The number of aromatic nitrogens is 2. The molecule has 0 amide bonds. The van der Waals surface area contributed by atoms with Crippen molar-refractivity contribution in [3.63, 3.8) is 0 Å². The Balaban J connectivity index is 2.08. The highest BCUT2D eigenvalue weighted by atomic mass is 16.5. The van der Waals surface area contributed by atoms with Gasteiger partial charge in [0.1, 0.15) is 5.75 Å². The molecule has 0 aliphatic carbocycles. The summed E-state index contributed by atoms with van der Waals surface area (Å²) in [5, 5.41) is 7.63. The number of anilines is 2. The predicted octanol–water partition coefficient (Wildman–Crippen LogP) is 1.93. The van der Waals surface area contributed by atoms with Crippen molar-refractivity contribution in [1.82, 2.24) is 9.78 Å². The number of methoxy groups -OCH3 is 1. The van der Waals surface area contributed by atoms with Crippen LogP contribution in [-0.4, -0.2) is 16.9 Å². The molecule has 0 saturated carbocycles. The van der Waals surface area contributed by atoms with E-state index in [1.807, 2.05) is 43.0 Å². The lowest BCUT2D eigenvalue weighted by atomic mass is 10.2. The third kappa shape index (κ3) is 2.56. The average molecular weight is 246 g/mol. The first-order valence-electron chi connectivity index (χ1n) is 5.76. The van der Waals surface area contributed by atoms with E-state index in [0.717, 1.165) is 17.9 Å². The van der Waals surface area contributed by atoms with Gasteiger partial charge in [-0.25, -0.2) is 0 Å². The monoisotopic (exact) mass is 246 g/mol. The summed E-state index contributed by atoms with van der Waals surface area (Å²) in [6.45, 7) is 2.73. The lowest BCUT2D eigenvalue weighted by Gasteiger charge is -2.09. The van der Waals surface area contributed by atoms with E-state index in [4.69, 9.17) is 10.5 Å². The Morgan fingerprint density at radius 3 is 2.83 bits per heavy atom. The molecule has 96 valence electrons. The van der Waals surface area contributed by atoms with Crippen LogP contribution in [0.2, 0.25) is 0 Å². The van der Waals surface area contributed by atoms with E-state index in [0.29, 0.717) is 11.4 Å². The Bertz CT molecular complexity index is 548. The number of nitrogens with one attached hydrogen (secondary N) is 1. The molecule has 1 heterocycles. The topological polar surface area (TPSA) is 65.1 Å². The van der Waals surface area contributed by atoms with Crippen LogP contribution in [0.4, 0.5) is 11.4 Å². The summed E-state index contributed by atoms with van der Waals surface area (Å²) in [5.74, 6) is 0.683. The zero-order valence-corrected chi connectivity index (χ0v) is 10.9. The molecule has 0 radical (unpaired) electrons. The first-order chi connectivity index (χ1) is 8.60. The van der Waals surface area contributed by atoms with Crippen molar-refractivity contribution < 1.29 is 4.74 Å². The van der Waals surface area contributed by atoms with Crippen molar-refractivity contribution >= 4 is 11.4 Å². The fourth-order valence-electron chi connectivity index (χ4n) is 1.84. The highest BCUT2D eigenvalue weighted by molar-refractivity contribution is 5.61. The Hall–Kier alpha value is -2.17. The summed E-state index contributed by atoms with van der Waals surface area (Å²) < 4.78 is 7.00. The van der Waals surface area contributed by atoms with E-state index in [2.05, 4.69) is 10.4 Å². The first-order valence-corrected chi connectivity index (χ1v) is 5.76. The van der Waals surface area contributed by atoms with Crippen LogP contribution in [0, 0.1) is 6.92 Å². The molecule has 5 nitrogen and oxygen atoms in total. The van der Waals surface area contributed by atoms with Gasteiger partial charge < -0.3 is 15.8 Å². The minimum atomic E-state index is 0.639. The normalized spacial score (nSPS) is 10.4. The average Bonchev–Trinajstić information content (AvgIpc) is 2.67. The number of hydrogen-bond donors (Lipinski definition) is 2. The fraction of sp³-hybridized carbons (Fsp3) is 0.308. The minimum Gasteiger partial charge on any atom is -0.495 e. The number of nitrogens with two attached hydrogens (primary N) is 1. The van der Waals surface area contributed by atoms with Gasteiger partial charge in [0.25, 0.3) is 0 Å². The molecule has 0 atom stereocenters. The molecule has 0 fully saturated rings. The number of nitrogen functional groups attached to an aromatic ring is 1. The lowest BCUT2D eigenvalue weighted by molar-refractivity contribution is 0.417. The van der Waals surface area contributed by atoms with Crippen LogP contribution < -0.4 is 15.8 Å². The van der Waals surface area contributed by atoms with Crippen molar-refractivity contribution in [3.05, 3.63) is 35.7 Å². The van der Waals surface area contributed by atoms with Crippen LogP contribution in [0.15, 0.2) is 24.4 Å². The van der Waals surface area contributed by atoms with E-state index in [1.54, 1.807) is 7.11 Å². The van der Waals surface area contributed by atoms with Gasteiger partial charge in [-0.3, -0.25) is 4.68 Å². The molecule has 0 unspecified atom stereocenters. The number of aryl methyl sites for hydroxylation is 2. The van der Waals surface area contributed by atoms with Crippen molar-refractivity contribution in [2.75, 3.05) is 18.2 Å². The summed E-state index contributed by atoms with van der Waals surface area (Å²) in [6.07, 6.45) is 2.01. The molecule has 0 aliphatic heterocycles. The third-order valence-corrected chi connectivity index (χ3v) is 2.83. The van der Waals surface area contributed by atoms with Gasteiger partial charge in [-0.15, -0.1) is 0 Å². The Labute approximate surface area is 107 Å². The molecule has 2 aromatic rings. The van der Waals surface area contributed by atoms with Crippen LogP contribution >= 0.6 is 0 Å².